The maximum Gasteiger partial charge on any atom is 0.246 e. The highest BCUT2D eigenvalue weighted by Crippen LogP contribution is 2.31. The summed E-state index contributed by atoms with van der Waals surface area (Å²) < 4.78 is 66.3. The maximum absolute atomic E-state index is 13.2. The number of benzene rings is 1. The highest BCUT2D eigenvalue weighted by Gasteiger charge is 2.33. The number of aryl methyl sites for hydroxylation is 1. The molecule has 29 heavy (non-hydrogen) atoms. The molecule has 1 aromatic carbocycles. The third-order valence-corrected chi connectivity index (χ3v) is 8.51. The van der Waals surface area contributed by atoms with Gasteiger partial charge >= 0.3 is 0 Å². The molecule has 0 saturated carbocycles. The Balaban J connectivity index is 1.83. The highest BCUT2D eigenvalue weighted by molar-refractivity contribution is 7.89. The predicted molar refractivity (Wildman–Crippen MR) is 105 cm³/mol. The summed E-state index contributed by atoms with van der Waals surface area (Å²) in [6.45, 7) is 0.519. The quantitative estimate of drug-likeness (QED) is 0.639. The van der Waals surface area contributed by atoms with Gasteiger partial charge < -0.3 is 9.47 Å². The molecule has 0 amide bonds. The second-order valence-electron chi connectivity index (χ2n) is 6.53. The molecular formula is C17H24N4O6S2. The van der Waals surface area contributed by atoms with Crippen molar-refractivity contribution in [3.05, 3.63) is 30.6 Å². The lowest BCUT2D eigenvalue weighted by molar-refractivity contribution is 0.379. The Hall–Kier alpha value is -2.15. The highest BCUT2D eigenvalue weighted by atomic mass is 32.2. The SMILES string of the molecule is COc1ccc(S(=O)(=O)N2CCCN(S(=O)(=O)c3cnn(C)c3)CC2)c(OC)c1. The molecule has 160 valence electrons. The molecule has 1 aromatic heterocycles. The van der Waals surface area contributed by atoms with Crippen molar-refractivity contribution < 1.29 is 26.3 Å². The van der Waals surface area contributed by atoms with Gasteiger partial charge in [-0.3, -0.25) is 4.68 Å². The monoisotopic (exact) mass is 444 g/mol. The van der Waals surface area contributed by atoms with Gasteiger partial charge in [-0.2, -0.15) is 13.7 Å². The molecule has 0 bridgehead atoms. The Kier molecular flexibility index (Phi) is 6.17. The maximum atomic E-state index is 13.2. The summed E-state index contributed by atoms with van der Waals surface area (Å²) in [5.41, 5.74) is 0. The van der Waals surface area contributed by atoms with Crippen molar-refractivity contribution in [1.82, 2.24) is 18.4 Å². The number of ether oxygens (including phenoxy) is 2. The summed E-state index contributed by atoms with van der Waals surface area (Å²) in [7, 11) is -3.09. The van der Waals surface area contributed by atoms with Gasteiger partial charge in [0.15, 0.2) is 0 Å². The van der Waals surface area contributed by atoms with Crippen LogP contribution in [0.25, 0.3) is 0 Å². The van der Waals surface area contributed by atoms with E-state index in [9.17, 15) is 16.8 Å². The van der Waals surface area contributed by atoms with Crippen molar-refractivity contribution >= 4 is 20.0 Å². The molecule has 2 heterocycles. The second-order valence-corrected chi connectivity index (χ2v) is 10.4. The molecule has 10 nitrogen and oxygen atoms in total. The Morgan fingerprint density at radius 3 is 2.14 bits per heavy atom. The summed E-state index contributed by atoms with van der Waals surface area (Å²) in [5.74, 6) is 0.652. The topological polar surface area (TPSA) is 111 Å². The Morgan fingerprint density at radius 1 is 0.931 bits per heavy atom. The average molecular weight is 445 g/mol. The molecule has 0 spiro atoms. The Morgan fingerprint density at radius 2 is 1.59 bits per heavy atom. The van der Waals surface area contributed by atoms with Gasteiger partial charge in [0, 0.05) is 45.5 Å². The van der Waals surface area contributed by atoms with E-state index < -0.39 is 20.0 Å². The van der Waals surface area contributed by atoms with Gasteiger partial charge in [0.05, 0.1) is 20.4 Å². The molecule has 0 aliphatic carbocycles. The summed E-state index contributed by atoms with van der Waals surface area (Å²) in [5, 5.41) is 3.91. The summed E-state index contributed by atoms with van der Waals surface area (Å²) >= 11 is 0. The van der Waals surface area contributed by atoms with E-state index in [1.807, 2.05) is 0 Å². The molecule has 0 unspecified atom stereocenters. The van der Waals surface area contributed by atoms with Crippen LogP contribution in [0.5, 0.6) is 11.5 Å². The van der Waals surface area contributed by atoms with E-state index in [2.05, 4.69) is 5.10 Å². The standard InChI is InChI=1S/C17H24N4O6S2/c1-19-13-15(12-18-19)28(22,23)20-7-4-8-21(10-9-20)29(24,25)17-6-5-14(26-2)11-16(17)27-3/h5-6,11-13H,4,7-10H2,1-3H3. The molecule has 0 radical (unpaired) electrons. The van der Waals surface area contributed by atoms with Gasteiger partial charge in [-0.15, -0.1) is 0 Å². The van der Waals surface area contributed by atoms with Gasteiger partial charge in [0.2, 0.25) is 20.0 Å². The van der Waals surface area contributed by atoms with E-state index in [1.165, 1.54) is 52.0 Å². The fraction of sp³-hybridized carbons (Fsp3) is 0.471. The van der Waals surface area contributed by atoms with Crippen LogP contribution in [-0.4, -0.2) is 75.6 Å². The Labute approximate surface area is 170 Å². The molecular weight excluding hydrogens is 420 g/mol. The van der Waals surface area contributed by atoms with Crippen molar-refractivity contribution in [2.24, 2.45) is 7.05 Å². The van der Waals surface area contributed by atoms with E-state index in [1.54, 1.807) is 13.1 Å². The van der Waals surface area contributed by atoms with E-state index in [0.717, 1.165) is 0 Å². The van der Waals surface area contributed by atoms with Crippen LogP contribution in [0.1, 0.15) is 6.42 Å². The number of hydrogen-bond donors (Lipinski definition) is 0. The lowest BCUT2D eigenvalue weighted by Gasteiger charge is -2.22. The number of rotatable bonds is 6. The Bertz CT molecular complexity index is 1080. The molecule has 3 rings (SSSR count). The average Bonchev–Trinajstić information content (AvgIpc) is 2.99. The van der Waals surface area contributed by atoms with E-state index in [-0.39, 0.29) is 41.7 Å². The van der Waals surface area contributed by atoms with Gasteiger partial charge in [-0.05, 0) is 18.6 Å². The van der Waals surface area contributed by atoms with Crippen LogP contribution < -0.4 is 9.47 Å². The minimum atomic E-state index is -3.87. The second kappa shape index (κ2) is 8.30. The molecule has 0 N–H and O–H groups in total. The van der Waals surface area contributed by atoms with Crippen LogP contribution in [0.3, 0.4) is 0 Å². The molecule has 12 heteroatoms. The van der Waals surface area contributed by atoms with E-state index in [0.29, 0.717) is 12.2 Å². The van der Waals surface area contributed by atoms with Crippen molar-refractivity contribution in [1.29, 1.82) is 0 Å². The van der Waals surface area contributed by atoms with Crippen LogP contribution in [0.2, 0.25) is 0 Å². The minimum Gasteiger partial charge on any atom is -0.497 e. The molecule has 0 atom stereocenters. The molecule has 2 aromatic rings. The lowest BCUT2D eigenvalue weighted by Crippen LogP contribution is -2.37. The van der Waals surface area contributed by atoms with Crippen LogP contribution in [0, 0.1) is 0 Å². The first kappa shape index (κ1) is 21.6. The predicted octanol–water partition coefficient (Wildman–Crippen LogP) is 0.523. The molecule has 1 fully saturated rings. The fourth-order valence-corrected chi connectivity index (χ4v) is 6.22. The number of sulfonamides is 2. The van der Waals surface area contributed by atoms with Crippen molar-refractivity contribution in [2.45, 2.75) is 16.2 Å². The van der Waals surface area contributed by atoms with Gasteiger partial charge in [-0.25, -0.2) is 16.8 Å². The fourth-order valence-electron chi connectivity index (χ4n) is 3.16. The van der Waals surface area contributed by atoms with Crippen LogP contribution >= 0.6 is 0 Å². The number of nitrogens with zero attached hydrogens (tertiary/aromatic N) is 4. The number of methoxy groups -OCH3 is 2. The van der Waals surface area contributed by atoms with Crippen LogP contribution in [-0.2, 0) is 27.1 Å². The summed E-state index contributed by atoms with van der Waals surface area (Å²) in [6, 6.07) is 4.48. The molecule has 1 aliphatic heterocycles. The third-order valence-electron chi connectivity index (χ3n) is 4.72. The van der Waals surface area contributed by atoms with Crippen molar-refractivity contribution in [3.8, 4) is 11.5 Å². The van der Waals surface area contributed by atoms with Crippen LogP contribution in [0.15, 0.2) is 40.4 Å². The smallest absolute Gasteiger partial charge is 0.246 e. The van der Waals surface area contributed by atoms with Gasteiger partial charge in [0.1, 0.15) is 21.3 Å². The third kappa shape index (κ3) is 4.25. The zero-order chi connectivity index (χ0) is 21.2. The zero-order valence-electron chi connectivity index (χ0n) is 16.5. The zero-order valence-corrected chi connectivity index (χ0v) is 18.1. The minimum absolute atomic E-state index is 0.0179. The van der Waals surface area contributed by atoms with E-state index in [4.69, 9.17) is 9.47 Å². The first-order chi connectivity index (χ1) is 13.7. The molecule has 1 aliphatic rings. The summed E-state index contributed by atoms with van der Waals surface area (Å²) in [6.07, 6.45) is 3.09. The number of hydrogen-bond acceptors (Lipinski definition) is 7. The normalized spacial score (nSPS) is 17.1. The first-order valence-corrected chi connectivity index (χ1v) is 11.8. The van der Waals surface area contributed by atoms with Crippen molar-refractivity contribution in [2.75, 3.05) is 40.4 Å². The number of aromatic nitrogens is 2. The van der Waals surface area contributed by atoms with E-state index >= 15 is 0 Å². The lowest BCUT2D eigenvalue weighted by atomic mass is 10.3. The van der Waals surface area contributed by atoms with Gasteiger partial charge in [0.25, 0.3) is 0 Å². The van der Waals surface area contributed by atoms with Crippen molar-refractivity contribution in [3.63, 3.8) is 0 Å². The first-order valence-electron chi connectivity index (χ1n) is 8.91. The summed E-state index contributed by atoms with van der Waals surface area (Å²) in [4.78, 5) is 0.109. The largest absolute Gasteiger partial charge is 0.497 e. The van der Waals surface area contributed by atoms with Crippen LogP contribution in [0.4, 0.5) is 0 Å². The van der Waals surface area contributed by atoms with Gasteiger partial charge in [-0.1, -0.05) is 0 Å². The molecule has 1 saturated heterocycles.